The summed E-state index contributed by atoms with van der Waals surface area (Å²) in [6.45, 7) is 1.57. The Labute approximate surface area is 123 Å². The predicted octanol–water partition coefficient (Wildman–Crippen LogP) is 1.90. The Morgan fingerprint density at radius 1 is 1.29 bits per heavy atom. The Hall–Kier alpha value is -2.27. The first-order chi connectivity index (χ1) is 10.3. The van der Waals surface area contributed by atoms with E-state index in [1.807, 2.05) is 37.4 Å². The molecule has 0 fully saturated rings. The van der Waals surface area contributed by atoms with Crippen molar-refractivity contribution in [3.05, 3.63) is 59.5 Å². The van der Waals surface area contributed by atoms with Gasteiger partial charge in [0.1, 0.15) is 0 Å². The van der Waals surface area contributed by atoms with Crippen molar-refractivity contribution in [1.82, 2.24) is 10.2 Å². The second-order valence-electron chi connectivity index (χ2n) is 5.25. The highest BCUT2D eigenvalue weighted by Crippen LogP contribution is 2.19. The molecule has 0 aliphatic carbocycles. The molecule has 0 bridgehead atoms. The van der Waals surface area contributed by atoms with Crippen molar-refractivity contribution in [2.24, 2.45) is 4.99 Å². The molecule has 1 aliphatic rings. The fourth-order valence-electron chi connectivity index (χ4n) is 2.43. The average Bonchev–Trinajstić information content (AvgIpc) is 3.18. The smallest absolute Gasteiger partial charge is 0.194 e. The topological polar surface area (TPSA) is 61.0 Å². The van der Waals surface area contributed by atoms with E-state index >= 15 is 0 Å². The van der Waals surface area contributed by atoms with Crippen molar-refractivity contribution in [1.29, 1.82) is 0 Å². The van der Waals surface area contributed by atoms with Crippen molar-refractivity contribution in [3.63, 3.8) is 0 Å². The second kappa shape index (κ2) is 6.01. The van der Waals surface area contributed by atoms with E-state index in [-0.39, 0.29) is 12.6 Å². The van der Waals surface area contributed by atoms with E-state index in [0.717, 1.165) is 30.2 Å². The molecule has 0 saturated carbocycles. The molecule has 110 valence electrons. The number of rotatable bonds is 4. The van der Waals surface area contributed by atoms with Gasteiger partial charge in [0.2, 0.25) is 0 Å². The predicted molar refractivity (Wildman–Crippen MR) is 80.7 cm³/mol. The number of aliphatic hydroxyl groups excluding tert-OH is 1. The lowest BCUT2D eigenvalue weighted by Gasteiger charge is -2.20. The Morgan fingerprint density at radius 3 is 2.76 bits per heavy atom. The van der Waals surface area contributed by atoms with E-state index in [0.29, 0.717) is 0 Å². The summed E-state index contributed by atoms with van der Waals surface area (Å²) in [6, 6.07) is 10.1. The van der Waals surface area contributed by atoms with Crippen LogP contribution in [0.4, 0.5) is 0 Å². The third-order valence-corrected chi connectivity index (χ3v) is 3.65. The number of guanidine groups is 1. The number of furan rings is 1. The molecule has 0 radical (unpaired) electrons. The number of hydrogen-bond donors (Lipinski definition) is 2. The Morgan fingerprint density at radius 2 is 2.10 bits per heavy atom. The van der Waals surface area contributed by atoms with Crippen molar-refractivity contribution in [2.45, 2.75) is 19.2 Å². The summed E-state index contributed by atoms with van der Waals surface area (Å²) in [7, 11) is 2.01. The van der Waals surface area contributed by atoms with Crippen LogP contribution in [0.1, 0.15) is 22.7 Å². The summed E-state index contributed by atoms with van der Waals surface area (Å²) in [5.41, 5.74) is 3.23. The van der Waals surface area contributed by atoms with Gasteiger partial charge in [0.25, 0.3) is 0 Å². The van der Waals surface area contributed by atoms with Gasteiger partial charge < -0.3 is 19.7 Å². The molecule has 1 aromatic heterocycles. The van der Waals surface area contributed by atoms with E-state index in [1.165, 1.54) is 5.56 Å². The van der Waals surface area contributed by atoms with Gasteiger partial charge in [-0.15, -0.1) is 0 Å². The highest BCUT2D eigenvalue weighted by molar-refractivity contribution is 5.82. The van der Waals surface area contributed by atoms with Crippen LogP contribution in [0.3, 0.4) is 0 Å². The van der Waals surface area contributed by atoms with Gasteiger partial charge in [0, 0.05) is 19.2 Å². The first-order valence-corrected chi connectivity index (χ1v) is 6.99. The van der Waals surface area contributed by atoms with Gasteiger partial charge in [0.05, 0.1) is 31.7 Å². The highest BCUT2D eigenvalue weighted by Gasteiger charge is 2.21. The highest BCUT2D eigenvalue weighted by atomic mass is 16.3. The van der Waals surface area contributed by atoms with Crippen LogP contribution in [-0.2, 0) is 13.2 Å². The SMILES string of the molecule is CN(Cc1ccoc1)C1=NCC(c2ccc(CO)cc2)N1. The summed E-state index contributed by atoms with van der Waals surface area (Å²) >= 11 is 0. The molecule has 0 amide bonds. The lowest BCUT2D eigenvalue weighted by atomic mass is 10.1. The number of hydrogen-bond acceptors (Lipinski definition) is 5. The molecular formula is C16H19N3O2. The number of aliphatic imine (C=N–C) groups is 1. The van der Waals surface area contributed by atoms with E-state index in [4.69, 9.17) is 9.52 Å². The van der Waals surface area contributed by atoms with Gasteiger partial charge in [-0.2, -0.15) is 0 Å². The fraction of sp³-hybridized carbons (Fsp3) is 0.312. The molecule has 5 nitrogen and oxygen atoms in total. The quantitative estimate of drug-likeness (QED) is 0.901. The Kier molecular flexibility index (Phi) is 3.92. The third-order valence-electron chi connectivity index (χ3n) is 3.65. The van der Waals surface area contributed by atoms with Gasteiger partial charge in [0.15, 0.2) is 5.96 Å². The van der Waals surface area contributed by atoms with Gasteiger partial charge in [-0.1, -0.05) is 24.3 Å². The molecule has 1 atom stereocenters. The molecule has 3 rings (SSSR count). The van der Waals surface area contributed by atoms with Crippen LogP contribution in [0.2, 0.25) is 0 Å². The van der Waals surface area contributed by atoms with Gasteiger partial charge >= 0.3 is 0 Å². The summed E-state index contributed by atoms with van der Waals surface area (Å²) in [4.78, 5) is 6.64. The van der Waals surface area contributed by atoms with Crippen LogP contribution in [0.15, 0.2) is 52.3 Å². The molecule has 2 heterocycles. The lowest BCUT2D eigenvalue weighted by Crippen LogP contribution is -2.36. The van der Waals surface area contributed by atoms with Crippen molar-refractivity contribution < 1.29 is 9.52 Å². The molecule has 2 N–H and O–H groups in total. The lowest BCUT2D eigenvalue weighted by molar-refractivity contribution is 0.282. The largest absolute Gasteiger partial charge is 0.472 e. The number of nitrogens with one attached hydrogen (secondary N) is 1. The van der Waals surface area contributed by atoms with Crippen LogP contribution in [-0.4, -0.2) is 29.6 Å². The Bertz CT molecular complexity index is 605. The normalized spacial score (nSPS) is 17.4. The number of nitrogens with zero attached hydrogens (tertiary/aromatic N) is 2. The molecule has 1 unspecified atom stereocenters. The molecular weight excluding hydrogens is 266 g/mol. The average molecular weight is 285 g/mol. The van der Waals surface area contributed by atoms with Crippen LogP contribution in [0, 0.1) is 0 Å². The summed E-state index contributed by atoms with van der Waals surface area (Å²) < 4.78 is 5.08. The summed E-state index contributed by atoms with van der Waals surface area (Å²) in [6.07, 6.45) is 3.43. The van der Waals surface area contributed by atoms with Crippen LogP contribution < -0.4 is 5.32 Å². The van der Waals surface area contributed by atoms with Gasteiger partial charge in [-0.05, 0) is 17.2 Å². The minimum atomic E-state index is 0.0769. The first-order valence-electron chi connectivity index (χ1n) is 6.99. The minimum absolute atomic E-state index is 0.0769. The van der Waals surface area contributed by atoms with E-state index in [2.05, 4.69) is 15.2 Å². The second-order valence-corrected chi connectivity index (χ2v) is 5.25. The zero-order valence-corrected chi connectivity index (χ0v) is 12.0. The molecule has 0 saturated heterocycles. The molecule has 2 aromatic rings. The Balaban J connectivity index is 1.61. The van der Waals surface area contributed by atoms with Crippen LogP contribution >= 0.6 is 0 Å². The summed E-state index contributed by atoms with van der Waals surface area (Å²) in [5, 5.41) is 12.5. The van der Waals surface area contributed by atoms with Crippen molar-refractivity contribution in [3.8, 4) is 0 Å². The maximum absolute atomic E-state index is 9.08. The maximum Gasteiger partial charge on any atom is 0.194 e. The molecule has 21 heavy (non-hydrogen) atoms. The van der Waals surface area contributed by atoms with E-state index in [9.17, 15) is 0 Å². The fourth-order valence-corrected chi connectivity index (χ4v) is 2.43. The van der Waals surface area contributed by atoms with Crippen molar-refractivity contribution >= 4 is 5.96 Å². The zero-order chi connectivity index (χ0) is 14.7. The molecule has 1 aliphatic heterocycles. The monoisotopic (exact) mass is 285 g/mol. The first kappa shape index (κ1) is 13.7. The van der Waals surface area contributed by atoms with Gasteiger partial charge in [-0.25, -0.2) is 0 Å². The zero-order valence-electron chi connectivity index (χ0n) is 12.0. The standard InChI is InChI=1S/C16H19N3O2/c1-19(9-13-6-7-21-11-13)16-17-8-15(18-16)14-4-2-12(10-20)3-5-14/h2-7,11,15,20H,8-10H2,1H3,(H,17,18). The third kappa shape index (κ3) is 3.08. The minimum Gasteiger partial charge on any atom is -0.472 e. The maximum atomic E-state index is 9.08. The van der Waals surface area contributed by atoms with Crippen molar-refractivity contribution in [2.75, 3.05) is 13.6 Å². The molecule has 1 aromatic carbocycles. The van der Waals surface area contributed by atoms with E-state index in [1.54, 1.807) is 12.5 Å². The molecule has 5 heteroatoms. The number of aliphatic hydroxyl groups is 1. The number of benzene rings is 1. The van der Waals surface area contributed by atoms with Crippen LogP contribution in [0.5, 0.6) is 0 Å². The van der Waals surface area contributed by atoms with Gasteiger partial charge in [-0.3, -0.25) is 4.99 Å². The van der Waals surface area contributed by atoms with Crippen LogP contribution in [0.25, 0.3) is 0 Å². The van der Waals surface area contributed by atoms with E-state index < -0.39 is 0 Å². The molecule has 0 spiro atoms. The summed E-state index contributed by atoms with van der Waals surface area (Å²) in [5.74, 6) is 0.896.